The lowest BCUT2D eigenvalue weighted by atomic mass is 9.93. The van der Waals surface area contributed by atoms with Crippen molar-refractivity contribution in [3.05, 3.63) is 162 Å². The van der Waals surface area contributed by atoms with Crippen molar-refractivity contribution in [2.75, 3.05) is 85.7 Å². The van der Waals surface area contributed by atoms with Crippen LogP contribution in [-0.4, -0.2) is 167 Å². The van der Waals surface area contributed by atoms with Gasteiger partial charge in [-0.05, 0) is 97.7 Å². The molecule has 2 unspecified atom stereocenters. The number of carbonyl (C=O) groups excluding carboxylic acids is 5. The van der Waals surface area contributed by atoms with Crippen LogP contribution in [-0.2, 0) is 61.6 Å². The van der Waals surface area contributed by atoms with Crippen LogP contribution in [0.4, 0.5) is 21.0 Å². The van der Waals surface area contributed by atoms with Crippen LogP contribution in [0.3, 0.4) is 0 Å². The first-order valence-electron chi connectivity index (χ1n) is 27.3. The molecule has 4 aromatic carbocycles. The molecule has 4 amide bonds. The molecule has 27 heteroatoms. The van der Waals surface area contributed by atoms with Crippen molar-refractivity contribution in [1.29, 1.82) is 0 Å². The van der Waals surface area contributed by atoms with E-state index in [9.17, 15) is 45.9 Å². The summed E-state index contributed by atoms with van der Waals surface area (Å²) in [5.74, 6) is -0.917. The summed E-state index contributed by atoms with van der Waals surface area (Å²) in [6.45, 7) is 7.40. The molecule has 0 bridgehead atoms. The second kappa shape index (κ2) is 28.1. The fourth-order valence-corrected chi connectivity index (χ4v) is 12.0. The molecule has 0 radical (unpaired) electrons. The Morgan fingerprint density at radius 3 is 1.52 bits per heavy atom. The number of rotatable bonds is 19. The fraction of sp³-hybridized carbons (Fsp3) is 0.311. The summed E-state index contributed by atoms with van der Waals surface area (Å²) in [4.78, 5) is 77.3. The molecule has 466 valence electrons. The quantitative estimate of drug-likeness (QED) is 0.0456. The van der Waals surface area contributed by atoms with E-state index in [1.165, 1.54) is 120 Å². The molecule has 4 aliphatic heterocycles. The summed E-state index contributed by atoms with van der Waals surface area (Å²) >= 11 is 0. The highest BCUT2D eigenvalue weighted by Crippen LogP contribution is 2.45. The van der Waals surface area contributed by atoms with Gasteiger partial charge in [0.1, 0.15) is 19.8 Å². The lowest BCUT2D eigenvalue weighted by molar-refractivity contribution is -0.139. The van der Waals surface area contributed by atoms with Crippen molar-refractivity contribution in [2.24, 2.45) is 0 Å². The van der Waals surface area contributed by atoms with Gasteiger partial charge in [-0.25, -0.2) is 45.7 Å². The van der Waals surface area contributed by atoms with E-state index in [0.29, 0.717) is 17.8 Å². The number of phenolic OH excluding ortho intramolecular Hbond substituents is 1. The van der Waals surface area contributed by atoms with E-state index < -0.39 is 62.7 Å². The molecule has 3 N–H and O–H groups in total. The number of hydrogen-bond acceptors (Lipinski definition) is 19. The minimum absolute atomic E-state index is 0.00734. The lowest BCUT2D eigenvalue weighted by Crippen LogP contribution is -2.55. The van der Waals surface area contributed by atoms with Crippen LogP contribution in [0.2, 0.25) is 0 Å². The number of hydrogen-bond donors (Lipinski definition) is 3. The van der Waals surface area contributed by atoms with Crippen LogP contribution in [0.1, 0.15) is 56.1 Å². The molecule has 0 saturated heterocycles. The number of carbonyl (C=O) groups is 5. The highest BCUT2D eigenvalue weighted by molar-refractivity contribution is 7.89. The van der Waals surface area contributed by atoms with Crippen LogP contribution < -0.4 is 33.5 Å². The second-order valence-electron chi connectivity index (χ2n) is 19.8. The predicted octanol–water partition coefficient (Wildman–Crippen LogP) is 6.43. The van der Waals surface area contributed by atoms with Crippen molar-refractivity contribution in [1.82, 2.24) is 24.2 Å². The van der Waals surface area contributed by atoms with Gasteiger partial charge < -0.3 is 52.8 Å². The Hall–Kier alpha value is -9.12. The number of esters is 1. The third kappa shape index (κ3) is 13.7. The summed E-state index contributed by atoms with van der Waals surface area (Å²) in [5, 5.41) is 10.5. The molecule has 0 fully saturated rings. The molecule has 9 rings (SSSR count). The van der Waals surface area contributed by atoms with Gasteiger partial charge in [-0.2, -0.15) is 0 Å². The molecule has 0 aliphatic carbocycles. The number of anilines is 2. The van der Waals surface area contributed by atoms with E-state index >= 15 is 0 Å². The van der Waals surface area contributed by atoms with Crippen molar-refractivity contribution >= 4 is 72.5 Å². The van der Waals surface area contributed by atoms with Crippen molar-refractivity contribution in [3.63, 3.8) is 0 Å². The second-order valence-corrected chi connectivity index (χ2v) is 23.6. The number of aromatic nitrogens is 1. The number of phenols is 1. The molecule has 5 heterocycles. The molecule has 4 aliphatic rings. The molecule has 0 spiro atoms. The van der Waals surface area contributed by atoms with E-state index in [1.54, 1.807) is 52.3 Å². The van der Waals surface area contributed by atoms with Gasteiger partial charge >= 0.3 is 18.2 Å². The van der Waals surface area contributed by atoms with Crippen LogP contribution in [0.5, 0.6) is 23.0 Å². The predicted molar refractivity (Wildman–Crippen MR) is 322 cm³/mol. The maximum atomic E-state index is 14.3. The zero-order valence-electron chi connectivity index (χ0n) is 49.3. The Morgan fingerprint density at radius 2 is 1.09 bits per heavy atom. The van der Waals surface area contributed by atoms with Gasteiger partial charge in [0.05, 0.1) is 83.5 Å². The summed E-state index contributed by atoms with van der Waals surface area (Å²) in [6, 6.07) is 22.4. The lowest BCUT2D eigenvalue weighted by Gasteiger charge is -2.40. The fourth-order valence-electron chi connectivity index (χ4n) is 10.5. The standard InChI is InChI=1S/C35H38N4O10S.C26H29N3O8S/c1-6-16-48-35(42)39-28-20-31(49-21-25-9-7-8-24(37-25)18-32(40)46-4)30(45-3)19-27(28)33(41)38-15-14-23(17-29(38)34(39)47-5)22-10-12-26(13-11-22)50(43,44)36-2;1-5-12-37-26(32)29-20-15-22(30)23(35-3)14-19(20)24(31)28-11-10-17(13-21(28)25(29)36-4)16-6-8-18(9-7-16)38(33,34)27-2/h6-14,19-20,29,34,36H,1,15-18,21H2,2-5H3;5-10,14-15,21,25,27,30H,1,11-13H2,2-4H3/t29-,34?;21-,25?/m00/s1. The largest absolute Gasteiger partial charge is 0.504 e. The Balaban J connectivity index is 0.000000237. The first-order valence-corrected chi connectivity index (χ1v) is 30.2. The summed E-state index contributed by atoms with van der Waals surface area (Å²) in [6.07, 6.45) is 3.64. The third-order valence-corrected chi connectivity index (χ3v) is 17.8. The van der Waals surface area contributed by atoms with E-state index in [-0.39, 0.29) is 113 Å². The first-order chi connectivity index (χ1) is 42.2. The zero-order valence-corrected chi connectivity index (χ0v) is 50.9. The van der Waals surface area contributed by atoms with E-state index in [2.05, 4.69) is 27.6 Å². The smallest absolute Gasteiger partial charge is 0.416 e. The normalized spacial score (nSPS) is 18.0. The monoisotopic (exact) mass is 1250 g/mol. The minimum Gasteiger partial charge on any atom is -0.504 e. The molecule has 1 aromatic heterocycles. The Kier molecular flexibility index (Phi) is 20.7. The summed E-state index contributed by atoms with van der Waals surface area (Å²) < 4.78 is 97.7. The van der Waals surface area contributed by atoms with Crippen LogP contribution >= 0.6 is 0 Å². The Morgan fingerprint density at radius 1 is 0.636 bits per heavy atom. The van der Waals surface area contributed by atoms with Crippen molar-refractivity contribution < 1.29 is 83.8 Å². The number of benzene rings is 4. The van der Waals surface area contributed by atoms with Gasteiger partial charge in [0.15, 0.2) is 35.5 Å². The zero-order chi connectivity index (χ0) is 63.6. The van der Waals surface area contributed by atoms with E-state index in [0.717, 1.165) is 22.3 Å². The highest BCUT2D eigenvalue weighted by atomic mass is 32.2. The van der Waals surface area contributed by atoms with Crippen molar-refractivity contribution in [2.45, 2.75) is 60.2 Å². The minimum atomic E-state index is -3.63. The van der Waals surface area contributed by atoms with E-state index in [4.69, 9.17) is 37.9 Å². The third-order valence-electron chi connectivity index (χ3n) is 14.9. The molecule has 5 aromatic rings. The summed E-state index contributed by atoms with van der Waals surface area (Å²) in [7, 11) is 2.42. The number of amides is 4. The van der Waals surface area contributed by atoms with Crippen LogP contribution in [0.25, 0.3) is 11.1 Å². The molecular weight excluding hydrogens is 1180 g/mol. The SMILES string of the molecule is C=CCOC(=O)N1c2cc(O)c(OC)cc2C(=O)N2CC=C(c3ccc(S(=O)(=O)NC)cc3)C[C@H]2C1OC.C=CCOC(=O)N1c2cc(OCc3cccc(CC(=O)OC)n3)c(OC)cc2C(=O)N2CC=C(c3ccc(S(=O)(=O)NC)cc3)C[C@H]2C1OC. The van der Waals surface area contributed by atoms with Crippen LogP contribution in [0.15, 0.2) is 138 Å². The van der Waals surface area contributed by atoms with E-state index in [1.807, 2.05) is 12.2 Å². The average molecular weight is 1250 g/mol. The van der Waals surface area contributed by atoms with Gasteiger partial charge in [0.25, 0.3) is 11.8 Å². The molecule has 88 heavy (non-hydrogen) atoms. The Bertz CT molecular complexity index is 3780. The first kappa shape index (κ1) is 64.9. The maximum Gasteiger partial charge on any atom is 0.416 e. The number of methoxy groups -OCH3 is 5. The number of nitrogens with zero attached hydrogens (tertiary/aromatic N) is 5. The van der Waals surface area contributed by atoms with Gasteiger partial charge in [-0.15, -0.1) is 0 Å². The molecule has 4 atom stereocenters. The average Bonchev–Trinajstić information content (AvgIpc) is 2.31. The maximum absolute atomic E-state index is 14.3. The van der Waals surface area contributed by atoms with Crippen molar-refractivity contribution in [3.8, 4) is 23.0 Å². The number of sulfonamides is 2. The summed E-state index contributed by atoms with van der Waals surface area (Å²) in [5.41, 5.74) is 4.82. The number of aromatic hydroxyl groups is 1. The molecule has 0 saturated carbocycles. The number of fused-ring (bicyclic) bond motifs is 4. The highest BCUT2D eigenvalue weighted by Gasteiger charge is 2.48. The van der Waals surface area contributed by atoms with Gasteiger partial charge in [-0.1, -0.05) is 67.8 Å². The number of nitrogens with one attached hydrogen (secondary N) is 2. The molecular formula is C61H67N7O18S2. The van der Waals surface area contributed by atoms with Gasteiger partial charge in [-0.3, -0.25) is 19.4 Å². The number of pyridine rings is 1. The van der Waals surface area contributed by atoms with Gasteiger partial charge in [0.2, 0.25) is 20.0 Å². The van der Waals surface area contributed by atoms with Gasteiger partial charge in [0, 0.05) is 39.4 Å². The Labute approximate surface area is 509 Å². The van der Waals surface area contributed by atoms with Crippen LogP contribution in [0, 0.1) is 0 Å². The molecule has 25 nitrogen and oxygen atoms in total. The number of ether oxygens (including phenoxy) is 8. The topological polar surface area (TPSA) is 298 Å².